The van der Waals surface area contributed by atoms with Crippen LogP contribution in [0.15, 0.2) is 46.9 Å². The fraction of sp³-hybridized carbons (Fsp3) is 0.0625. The lowest BCUT2D eigenvalue weighted by Crippen LogP contribution is -2.02. The molecule has 0 spiro atoms. The molecule has 0 aliphatic heterocycles. The molecule has 1 nitrogen and oxygen atoms in total. The van der Waals surface area contributed by atoms with Gasteiger partial charge in [-0.2, -0.15) is 0 Å². The summed E-state index contributed by atoms with van der Waals surface area (Å²) < 4.78 is 27.5. The van der Waals surface area contributed by atoms with Crippen molar-refractivity contribution < 1.29 is 13.6 Å². The zero-order valence-corrected chi connectivity index (χ0v) is 13.1. The number of hydrogen-bond acceptors (Lipinski definition) is 2. The van der Waals surface area contributed by atoms with Crippen molar-refractivity contribution >= 4 is 43.1 Å². The van der Waals surface area contributed by atoms with Crippen LogP contribution in [0.4, 0.5) is 8.78 Å². The topological polar surface area (TPSA) is 17.1 Å². The Morgan fingerprint density at radius 3 is 2.52 bits per heavy atom. The van der Waals surface area contributed by atoms with Gasteiger partial charge in [-0.15, -0.1) is 11.3 Å². The molecule has 0 unspecified atom stereocenters. The van der Waals surface area contributed by atoms with Crippen LogP contribution in [-0.2, 0) is 6.42 Å². The fourth-order valence-electron chi connectivity index (χ4n) is 2.07. The second-order valence-corrected chi connectivity index (χ2v) is 6.57. The van der Waals surface area contributed by atoms with E-state index in [9.17, 15) is 13.6 Å². The van der Waals surface area contributed by atoms with Gasteiger partial charge in [-0.05, 0) is 41.3 Å². The molecule has 1 aromatic heterocycles. The molecule has 21 heavy (non-hydrogen) atoms. The molecule has 2 aromatic carbocycles. The van der Waals surface area contributed by atoms with Crippen molar-refractivity contribution in [3.05, 3.63) is 69.0 Å². The Morgan fingerprint density at radius 2 is 1.76 bits per heavy atom. The Kier molecular flexibility index (Phi) is 3.87. The molecule has 0 saturated heterocycles. The Balaban J connectivity index is 1.89. The number of rotatable bonds is 3. The van der Waals surface area contributed by atoms with Gasteiger partial charge < -0.3 is 0 Å². The number of fused-ring (bicyclic) bond motifs is 1. The highest BCUT2D eigenvalue weighted by atomic mass is 79.9. The summed E-state index contributed by atoms with van der Waals surface area (Å²) in [6.45, 7) is 0. The van der Waals surface area contributed by atoms with Crippen LogP contribution in [0.3, 0.4) is 0 Å². The van der Waals surface area contributed by atoms with E-state index >= 15 is 0 Å². The highest BCUT2D eigenvalue weighted by molar-refractivity contribution is 9.10. The smallest absolute Gasteiger partial charge is 0.177 e. The highest BCUT2D eigenvalue weighted by Gasteiger charge is 2.13. The van der Waals surface area contributed by atoms with Crippen LogP contribution in [0.2, 0.25) is 0 Å². The Labute approximate surface area is 132 Å². The summed E-state index contributed by atoms with van der Waals surface area (Å²) in [5.41, 5.74) is 0.727. The molecule has 1 heterocycles. The third-order valence-corrected chi connectivity index (χ3v) is 5.00. The third-order valence-electron chi connectivity index (χ3n) is 3.12. The van der Waals surface area contributed by atoms with E-state index in [1.807, 2.05) is 0 Å². The first-order valence-corrected chi connectivity index (χ1v) is 7.80. The molecule has 0 amide bonds. The minimum Gasteiger partial charge on any atom is -0.293 e. The van der Waals surface area contributed by atoms with E-state index in [2.05, 4.69) is 15.9 Å². The van der Waals surface area contributed by atoms with Crippen molar-refractivity contribution in [3.63, 3.8) is 0 Å². The summed E-state index contributed by atoms with van der Waals surface area (Å²) in [6.07, 6.45) is 0.177. The largest absolute Gasteiger partial charge is 0.293 e. The van der Waals surface area contributed by atoms with Gasteiger partial charge in [0.25, 0.3) is 0 Å². The molecule has 5 heteroatoms. The van der Waals surface area contributed by atoms with Crippen LogP contribution < -0.4 is 0 Å². The number of benzene rings is 2. The van der Waals surface area contributed by atoms with E-state index < -0.39 is 0 Å². The number of Topliss-reactive ketones (excluding diaryl/α,β-unsaturated/α-hetero) is 1. The minimum atomic E-state index is -0.351. The normalized spacial score (nSPS) is 11.0. The Morgan fingerprint density at radius 1 is 1.05 bits per heavy atom. The fourth-order valence-corrected chi connectivity index (χ4v) is 3.58. The average Bonchev–Trinajstić information content (AvgIpc) is 2.85. The first kappa shape index (κ1) is 14.4. The predicted molar refractivity (Wildman–Crippen MR) is 83.9 cm³/mol. The van der Waals surface area contributed by atoms with E-state index in [-0.39, 0.29) is 23.8 Å². The quantitative estimate of drug-likeness (QED) is 0.569. The zero-order chi connectivity index (χ0) is 15.0. The van der Waals surface area contributed by atoms with Crippen LogP contribution in [0.5, 0.6) is 0 Å². The predicted octanol–water partition coefficient (Wildman–Crippen LogP) is 5.37. The SMILES string of the molecule is O=C(Cc1ccc(F)cc1Br)c1cc2ccc(F)cc2s1. The van der Waals surface area contributed by atoms with Crippen LogP contribution in [0.1, 0.15) is 15.2 Å². The maximum atomic E-state index is 13.2. The highest BCUT2D eigenvalue weighted by Crippen LogP contribution is 2.28. The van der Waals surface area contributed by atoms with Gasteiger partial charge in [0.05, 0.1) is 4.88 Å². The van der Waals surface area contributed by atoms with Gasteiger partial charge in [-0.3, -0.25) is 4.79 Å². The van der Waals surface area contributed by atoms with Crippen molar-refractivity contribution in [2.45, 2.75) is 6.42 Å². The molecule has 0 aliphatic rings. The van der Waals surface area contributed by atoms with E-state index in [4.69, 9.17) is 0 Å². The monoisotopic (exact) mass is 366 g/mol. The summed E-state index contributed by atoms with van der Waals surface area (Å²) in [5, 5.41) is 0.850. The van der Waals surface area contributed by atoms with Gasteiger partial charge in [0.2, 0.25) is 0 Å². The summed E-state index contributed by atoms with van der Waals surface area (Å²) in [7, 11) is 0. The van der Waals surface area contributed by atoms with Crippen LogP contribution in [0.25, 0.3) is 10.1 Å². The molecule has 3 rings (SSSR count). The molecule has 0 saturated carbocycles. The lowest BCUT2D eigenvalue weighted by atomic mass is 10.1. The molecule has 0 fully saturated rings. The molecular weight excluding hydrogens is 358 g/mol. The Bertz CT molecular complexity index is 841. The molecule has 0 bridgehead atoms. The van der Waals surface area contributed by atoms with Gasteiger partial charge in [-0.1, -0.05) is 28.1 Å². The average molecular weight is 367 g/mol. The van der Waals surface area contributed by atoms with E-state index in [1.54, 1.807) is 18.2 Å². The first-order valence-electron chi connectivity index (χ1n) is 6.19. The molecule has 3 aromatic rings. The summed E-state index contributed by atoms with van der Waals surface area (Å²) in [6, 6.07) is 10.5. The number of halogens is 3. The number of carbonyl (C=O) groups excluding carboxylic acids is 1. The molecule has 106 valence electrons. The lowest BCUT2D eigenvalue weighted by Gasteiger charge is -2.02. The maximum Gasteiger partial charge on any atom is 0.177 e. The molecule has 0 aliphatic carbocycles. The second-order valence-electron chi connectivity index (χ2n) is 4.63. The van der Waals surface area contributed by atoms with Gasteiger partial charge in [0.15, 0.2) is 5.78 Å². The molecule has 0 atom stereocenters. The van der Waals surface area contributed by atoms with E-state index in [0.717, 1.165) is 15.6 Å². The van der Waals surface area contributed by atoms with Gasteiger partial charge in [0.1, 0.15) is 11.6 Å². The van der Waals surface area contributed by atoms with Crippen LogP contribution in [-0.4, -0.2) is 5.78 Å². The number of carbonyl (C=O) groups is 1. The summed E-state index contributed by atoms with van der Waals surface area (Å²) in [4.78, 5) is 12.9. The van der Waals surface area contributed by atoms with Crippen molar-refractivity contribution in [3.8, 4) is 0 Å². The summed E-state index contributed by atoms with van der Waals surface area (Å²) >= 11 is 4.52. The molecule has 0 N–H and O–H groups in total. The number of hydrogen-bond donors (Lipinski definition) is 0. The molecule has 0 radical (unpaired) electrons. The van der Waals surface area contributed by atoms with Gasteiger partial charge >= 0.3 is 0 Å². The first-order chi connectivity index (χ1) is 10.0. The van der Waals surface area contributed by atoms with Crippen LogP contribution in [0, 0.1) is 11.6 Å². The number of thiophene rings is 1. The minimum absolute atomic E-state index is 0.0658. The molecular formula is C16H9BrF2OS. The van der Waals surface area contributed by atoms with Gasteiger partial charge in [0, 0.05) is 15.6 Å². The van der Waals surface area contributed by atoms with Crippen LogP contribution >= 0.6 is 27.3 Å². The van der Waals surface area contributed by atoms with E-state index in [1.165, 1.54) is 35.6 Å². The maximum absolute atomic E-state index is 13.2. The standard InChI is InChI=1S/C16H9BrF2OS/c17-13-7-11(18)3-1-9(13)5-14(20)16-6-10-2-4-12(19)8-15(10)21-16/h1-4,6-8H,5H2. The second kappa shape index (κ2) is 5.66. The van der Waals surface area contributed by atoms with Gasteiger partial charge in [-0.25, -0.2) is 8.78 Å². The number of ketones is 1. The van der Waals surface area contributed by atoms with Crippen molar-refractivity contribution in [1.82, 2.24) is 0 Å². The zero-order valence-electron chi connectivity index (χ0n) is 10.7. The lowest BCUT2D eigenvalue weighted by molar-refractivity contribution is 0.0996. The summed E-state index contributed by atoms with van der Waals surface area (Å²) in [5.74, 6) is -0.732. The van der Waals surface area contributed by atoms with Crippen molar-refractivity contribution in [2.75, 3.05) is 0 Å². The van der Waals surface area contributed by atoms with Crippen molar-refractivity contribution in [2.24, 2.45) is 0 Å². The Hall–Kier alpha value is -1.59. The van der Waals surface area contributed by atoms with E-state index in [0.29, 0.717) is 9.35 Å². The van der Waals surface area contributed by atoms with Crippen molar-refractivity contribution in [1.29, 1.82) is 0 Å². The third kappa shape index (κ3) is 3.04.